The highest BCUT2D eigenvalue weighted by molar-refractivity contribution is 5.75. The predicted molar refractivity (Wildman–Crippen MR) is 132 cm³/mol. The fourth-order valence-corrected chi connectivity index (χ4v) is 5.45. The van der Waals surface area contributed by atoms with Crippen molar-refractivity contribution >= 4 is 5.97 Å². The van der Waals surface area contributed by atoms with Crippen molar-refractivity contribution in [2.24, 2.45) is 23.7 Å². The van der Waals surface area contributed by atoms with Crippen molar-refractivity contribution in [3.63, 3.8) is 0 Å². The summed E-state index contributed by atoms with van der Waals surface area (Å²) in [5.74, 6) is 3.84. The lowest BCUT2D eigenvalue weighted by atomic mass is 9.78. The molecule has 0 bridgehead atoms. The van der Waals surface area contributed by atoms with Gasteiger partial charge in [0.05, 0.1) is 12.5 Å². The smallest absolute Gasteiger partial charge is 0.314 e. The number of rotatable bonds is 12. The summed E-state index contributed by atoms with van der Waals surface area (Å²) in [7, 11) is 0. The van der Waals surface area contributed by atoms with Crippen LogP contribution in [0.2, 0.25) is 0 Å². The number of hydrogen-bond acceptors (Lipinski definition) is 3. The molecule has 3 nitrogen and oxygen atoms in total. The first-order chi connectivity index (χ1) is 15.7. The summed E-state index contributed by atoms with van der Waals surface area (Å²) in [5.41, 5.74) is 0. The van der Waals surface area contributed by atoms with Gasteiger partial charge in [-0.1, -0.05) is 64.4 Å². The second-order valence-electron chi connectivity index (χ2n) is 10.1. The highest BCUT2D eigenvalue weighted by atomic mass is 16.5. The average Bonchev–Trinajstić information content (AvgIpc) is 2.84. The zero-order valence-electron chi connectivity index (χ0n) is 20.2. The summed E-state index contributed by atoms with van der Waals surface area (Å²) in [5, 5.41) is 0. The first kappa shape index (κ1) is 24.9. The molecule has 32 heavy (non-hydrogen) atoms. The molecule has 0 heterocycles. The van der Waals surface area contributed by atoms with E-state index in [9.17, 15) is 4.79 Å². The van der Waals surface area contributed by atoms with Crippen LogP contribution in [0.25, 0.3) is 0 Å². The van der Waals surface area contributed by atoms with Crippen LogP contribution >= 0.6 is 0 Å². The van der Waals surface area contributed by atoms with Crippen LogP contribution in [-0.4, -0.2) is 12.6 Å². The lowest BCUT2D eigenvalue weighted by Crippen LogP contribution is -2.25. The molecule has 1 aromatic carbocycles. The minimum atomic E-state index is -0.0961. The van der Waals surface area contributed by atoms with E-state index >= 15 is 0 Å². The van der Waals surface area contributed by atoms with Crippen molar-refractivity contribution in [2.45, 2.75) is 96.8 Å². The van der Waals surface area contributed by atoms with Gasteiger partial charge in [-0.05, 0) is 80.5 Å². The molecule has 178 valence electrons. The van der Waals surface area contributed by atoms with Gasteiger partial charge in [0, 0.05) is 0 Å². The fraction of sp³-hybridized carbons (Fsp3) is 0.690. The molecule has 2 fully saturated rings. The zero-order chi connectivity index (χ0) is 22.6. The minimum Gasteiger partial charge on any atom is -0.494 e. The number of unbranched alkanes of at least 4 members (excludes halogenated alkanes) is 2. The van der Waals surface area contributed by atoms with Crippen LogP contribution in [0.5, 0.6) is 11.5 Å². The van der Waals surface area contributed by atoms with Crippen LogP contribution in [-0.2, 0) is 4.79 Å². The molecule has 2 aliphatic rings. The van der Waals surface area contributed by atoms with E-state index in [0.717, 1.165) is 56.3 Å². The standard InChI is InChI=1S/C29H44O3/c1-3-5-6-8-24-10-12-25(13-11-24)9-7-22-31-27-18-20-28(21-19-27)32-29(30)26-16-14-23(4-2)15-17-26/h4,18-21,23-26H,2-3,5-17,22H2,1H3. The summed E-state index contributed by atoms with van der Waals surface area (Å²) in [6.07, 6.45) is 19.6. The SMILES string of the molecule is C=CC1CCC(C(=O)Oc2ccc(OCCCC3CCC(CCCCC)CC3)cc2)CC1. The van der Waals surface area contributed by atoms with Gasteiger partial charge in [0.15, 0.2) is 0 Å². The van der Waals surface area contributed by atoms with Crippen molar-refractivity contribution in [1.29, 1.82) is 0 Å². The predicted octanol–water partition coefficient (Wildman–Crippen LogP) is 8.13. The molecule has 2 saturated carbocycles. The van der Waals surface area contributed by atoms with E-state index in [4.69, 9.17) is 9.47 Å². The van der Waals surface area contributed by atoms with Gasteiger partial charge in [-0.25, -0.2) is 0 Å². The maximum Gasteiger partial charge on any atom is 0.314 e. The quantitative estimate of drug-likeness (QED) is 0.142. The molecule has 0 atom stereocenters. The third-order valence-corrected chi connectivity index (χ3v) is 7.69. The molecular formula is C29H44O3. The Morgan fingerprint density at radius 2 is 1.47 bits per heavy atom. The molecule has 0 radical (unpaired) electrons. The molecule has 3 heteroatoms. The molecule has 0 aromatic heterocycles. The van der Waals surface area contributed by atoms with Crippen molar-refractivity contribution in [2.75, 3.05) is 6.61 Å². The van der Waals surface area contributed by atoms with Gasteiger partial charge in [0.2, 0.25) is 0 Å². The number of allylic oxidation sites excluding steroid dienone is 1. The zero-order valence-corrected chi connectivity index (χ0v) is 20.2. The summed E-state index contributed by atoms with van der Waals surface area (Å²) < 4.78 is 11.5. The van der Waals surface area contributed by atoms with Gasteiger partial charge < -0.3 is 9.47 Å². The van der Waals surface area contributed by atoms with E-state index in [1.165, 1.54) is 57.8 Å². The van der Waals surface area contributed by atoms with Crippen LogP contribution in [0.4, 0.5) is 0 Å². The van der Waals surface area contributed by atoms with E-state index in [1.807, 2.05) is 30.3 Å². The summed E-state index contributed by atoms with van der Waals surface area (Å²) in [6.45, 7) is 6.92. The highest BCUT2D eigenvalue weighted by Crippen LogP contribution is 2.34. The van der Waals surface area contributed by atoms with Gasteiger partial charge in [0.25, 0.3) is 0 Å². The van der Waals surface area contributed by atoms with E-state index < -0.39 is 0 Å². The molecule has 0 saturated heterocycles. The lowest BCUT2D eigenvalue weighted by Gasteiger charge is -2.28. The van der Waals surface area contributed by atoms with Crippen molar-refractivity contribution in [3.05, 3.63) is 36.9 Å². The van der Waals surface area contributed by atoms with Crippen molar-refractivity contribution < 1.29 is 14.3 Å². The van der Waals surface area contributed by atoms with Crippen LogP contribution in [0.15, 0.2) is 36.9 Å². The van der Waals surface area contributed by atoms with E-state index in [1.54, 1.807) is 0 Å². The van der Waals surface area contributed by atoms with Gasteiger partial charge in [-0.15, -0.1) is 6.58 Å². The maximum absolute atomic E-state index is 12.4. The van der Waals surface area contributed by atoms with Gasteiger partial charge in [-0.2, -0.15) is 0 Å². The number of hydrogen-bond donors (Lipinski definition) is 0. The second kappa shape index (κ2) is 13.7. The van der Waals surface area contributed by atoms with Gasteiger partial charge in [0.1, 0.15) is 11.5 Å². The number of carbonyl (C=O) groups is 1. The molecule has 1 aromatic rings. The van der Waals surface area contributed by atoms with Crippen molar-refractivity contribution in [3.8, 4) is 11.5 Å². The number of ether oxygens (including phenoxy) is 2. The Hall–Kier alpha value is -1.77. The number of benzene rings is 1. The molecule has 0 N–H and O–H groups in total. The van der Waals surface area contributed by atoms with E-state index in [2.05, 4.69) is 13.5 Å². The molecule has 0 aliphatic heterocycles. The van der Waals surface area contributed by atoms with E-state index in [0.29, 0.717) is 11.7 Å². The first-order valence-corrected chi connectivity index (χ1v) is 13.2. The van der Waals surface area contributed by atoms with Gasteiger partial charge >= 0.3 is 5.97 Å². The number of carbonyl (C=O) groups excluding carboxylic acids is 1. The third-order valence-electron chi connectivity index (χ3n) is 7.69. The Bertz CT molecular complexity index is 664. The Balaban J connectivity index is 1.28. The Morgan fingerprint density at radius 3 is 2.06 bits per heavy atom. The molecule has 2 aliphatic carbocycles. The molecule has 0 unspecified atom stereocenters. The Morgan fingerprint density at radius 1 is 0.875 bits per heavy atom. The van der Waals surface area contributed by atoms with E-state index in [-0.39, 0.29) is 11.9 Å². The average molecular weight is 441 g/mol. The summed E-state index contributed by atoms with van der Waals surface area (Å²) >= 11 is 0. The first-order valence-electron chi connectivity index (χ1n) is 13.2. The largest absolute Gasteiger partial charge is 0.494 e. The fourth-order valence-electron chi connectivity index (χ4n) is 5.45. The minimum absolute atomic E-state index is 0.0218. The molecule has 3 rings (SSSR count). The van der Waals surface area contributed by atoms with Crippen LogP contribution < -0.4 is 9.47 Å². The maximum atomic E-state index is 12.4. The second-order valence-corrected chi connectivity index (χ2v) is 10.1. The summed E-state index contributed by atoms with van der Waals surface area (Å²) in [6, 6.07) is 7.53. The van der Waals surface area contributed by atoms with Crippen LogP contribution in [0, 0.1) is 23.7 Å². The van der Waals surface area contributed by atoms with Crippen LogP contribution in [0.3, 0.4) is 0 Å². The monoisotopic (exact) mass is 440 g/mol. The van der Waals surface area contributed by atoms with Crippen LogP contribution in [0.1, 0.15) is 96.8 Å². The normalized spacial score (nSPS) is 25.8. The van der Waals surface area contributed by atoms with Crippen molar-refractivity contribution in [1.82, 2.24) is 0 Å². The number of esters is 1. The lowest BCUT2D eigenvalue weighted by molar-refractivity contribution is -0.140. The summed E-state index contributed by atoms with van der Waals surface area (Å²) in [4.78, 5) is 12.4. The highest BCUT2D eigenvalue weighted by Gasteiger charge is 2.26. The third kappa shape index (κ3) is 8.30. The topological polar surface area (TPSA) is 35.5 Å². The molecule has 0 amide bonds. The van der Waals surface area contributed by atoms with Gasteiger partial charge in [-0.3, -0.25) is 4.79 Å². The molecular weight excluding hydrogens is 396 g/mol. The Labute approximate surface area is 196 Å². The Kier molecular flexibility index (Phi) is 10.6. The molecule has 0 spiro atoms.